The van der Waals surface area contributed by atoms with E-state index in [1.807, 2.05) is 13.8 Å². The average Bonchev–Trinajstić information content (AvgIpc) is 2.46. The summed E-state index contributed by atoms with van der Waals surface area (Å²) >= 11 is 0. The lowest BCUT2D eigenvalue weighted by molar-refractivity contribution is -0.153. The Morgan fingerprint density at radius 2 is 2.00 bits per heavy atom. The normalized spacial score (nSPS) is 21.7. The second kappa shape index (κ2) is 8.85. The number of hydrogen-bond acceptors (Lipinski definition) is 3. The number of esters is 1. The van der Waals surface area contributed by atoms with Gasteiger partial charge in [0.25, 0.3) is 0 Å². The molecule has 0 amide bonds. The van der Waals surface area contributed by atoms with Gasteiger partial charge in [-0.1, -0.05) is 28.9 Å². The number of carbonyl (C=O) groups excluding carboxylic acids is 2. The van der Waals surface area contributed by atoms with Crippen LogP contribution in [0.3, 0.4) is 0 Å². The Bertz CT molecular complexity index is 533. The van der Waals surface area contributed by atoms with Crippen molar-refractivity contribution in [2.75, 3.05) is 6.61 Å². The highest BCUT2D eigenvalue weighted by Crippen LogP contribution is 2.41. The molecule has 0 radical (unpaired) electrons. The molecule has 3 nitrogen and oxygen atoms in total. The highest BCUT2D eigenvalue weighted by Gasteiger charge is 2.43. The Balaban J connectivity index is 2.90. The van der Waals surface area contributed by atoms with Gasteiger partial charge >= 0.3 is 5.97 Å². The lowest BCUT2D eigenvalue weighted by atomic mass is 9.70. The van der Waals surface area contributed by atoms with Gasteiger partial charge < -0.3 is 4.74 Å². The zero-order valence-electron chi connectivity index (χ0n) is 15.2. The highest BCUT2D eigenvalue weighted by molar-refractivity contribution is 5.95. The van der Waals surface area contributed by atoms with Gasteiger partial charge in [-0.25, -0.2) is 0 Å². The molecule has 1 rings (SSSR count). The standard InChI is InChI=1S/C20H30O3/c1-6-23-19(22)20(13-11-18(21)14-17(20)5)12-10-16(4)9-7-8-15(2)3/h8,10,14H,6-7,9,11-13H2,1-5H3. The molecule has 0 aromatic heterocycles. The molecule has 1 atom stereocenters. The molecule has 0 fully saturated rings. The van der Waals surface area contributed by atoms with Gasteiger partial charge in [0.05, 0.1) is 12.0 Å². The Morgan fingerprint density at radius 1 is 1.30 bits per heavy atom. The van der Waals surface area contributed by atoms with Crippen LogP contribution in [0, 0.1) is 5.41 Å². The summed E-state index contributed by atoms with van der Waals surface area (Å²) in [6, 6.07) is 0. The van der Waals surface area contributed by atoms with E-state index in [1.54, 1.807) is 6.08 Å². The summed E-state index contributed by atoms with van der Waals surface area (Å²) in [5.41, 5.74) is 2.77. The molecule has 0 saturated heterocycles. The Hall–Kier alpha value is -1.64. The number of ether oxygens (including phenoxy) is 1. The maximum Gasteiger partial charge on any atom is 0.316 e. The van der Waals surface area contributed by atoms with Crippen molar-refractivity contribution in [3.63, 3.8) is 0 Å². The second-order valence-electron chi connectivity index (χ2n) is 6.67. The second-order valence-corrected chi connectivity index (χ2v) is 6.67. The Kier molecular flexibility index (Phi) is 7.47. The molecule has 23 heavy (non-hydrogen) atoms. The molecular weight excluding hydrogens is 288 g/mol. The van der Waals surface area contributed by atoms with E-state index in [4.69, 9.17) is 4.74 Å². The third-order valence-corrected chi connectivity index (χ3v) is 4.49. The van der Waals surface area contributed by atoms with Gasteiger partial charge in [0.2, 0.25) is 0 Å². The predicted octanol–water partition coefficient (Wildman–Crippen LogP) is 4.93. The van der Waals surface area contributed by atoms with E-state index < -0.39 is 5.41 Å². The number of carbonyl (C=O) groups is 2. The fourth-order valence-corrected chi connectivity index (χ4v) is 2.90. The zero-order valence-corrected chi connectivity index (χ0v) is 15.2. The quantitative estimate of drug-likeness (QED) is 0.494. The molecule has 1 aliphatic rings. The van der Waals surface area contributed by atoms with Gasteiger partial charge in [0.1, 0.15) is 0 Å². The molecule has 1 unspecified atom stereocenters. The van der Waals surface area contributed by atoms with E-state index in [9.17, 15) is 9.59 Å². The van der Waals surface area contributed by atoms with E-state index >= 15 is 0 Å². The molecule has 0 spiro atoms. The van der Waals surface area contributed by atoms with Gasteiger partial charge in [0.15, 0.2) is 5.78 Å². The number of hydrogen-bond donors (Lipinski definition) is 0. The molecule has 1 aliphatic carbocycles. The monoisotopic (exact) mass is 318 g/mol. The van der Waals surface area contributed by atoms with Crippen LogP contribution in [-0.2, 0) is 14.3 Å². The molecule has 0 aromatic carbocycles. The maximum atomic E-state index is 12.5. The van der Waals surface area contributed by atoms with Crippen molar-refractivity contribution < 1.29 is 14.3 Å². The first-order chi connectivity index (χ1) is 10.8. The van der Waals surface area contributed by atoms with Crippen LogP contribution >= 0.6 is 0 Å². The van der Waals surface area contributed by atoms with Crippen LogP contribution in [0.25, 0.3) is 0 Å². The fraction of sp³-hybridized carbons (Fsp3) is 0.600. The van der Waals surface area contributed by atoms with Crippen LogP contribution < -0.4 is 0 Å². The minimum absolute atomic E-state index is 0.103. The summed E-state index contributed by atoms with van der Waals surface area (Å²) in [6.45, 7) is 10.4. The highest BCUT2D eigenvalue weighted by atomic mass is 16.5. The van der Waals surface area contributed by atoms with E-state index in [1.165, 1.54) is 11.1 Å². The maximum absolute atomic E-state index is 12.5. The van der Waals surface area contributed by atoms with Crippen LogP contribution in [0.4, 0.5) is 0 Å². The van der Waals surface area contributed by atoms with Gasteiger partial charge in [-0.05, 0) is 66.4 Å². The van der Waals surface area contributed by atoms with E-state index in [-0.39, 0.29) is 11.8 Å². The van der Waals surface area contributed by atoms with Crippen molar-refractivity contribution in [2.24, 2.45) is 5.41 Å². The summed E-state index contributed by atoms with van der Waals surface area (Å²) in [5, 5.41) is 0. The SMILES string of the molecule is CCOC(=O)C1(CC=C(C)CCC=C(C)C)CCC(=O)C=C1C. The van der Waals surface area contributed by atoms with E-state index in [2.05, 4.69) is 32.9 Å². The Labute approximate surface area is 140 Å². The fourth-order valence-electron chi connectivity index (χ4n) is 2.90. The third kappa shape index (κ3) is 5.49. The predicted molar refractivity (Wildman–Crippen MR) is 94.1 cm³/mol. The molecule has 3 heteroatoms. The number of allylic oxidation sites excluding steroid dienone is 5. The first kappa shape index (κ1) is 19.4. The van der Waals surface area contributed by atoms with Crippen LogP contribution in [-0.4, -0.2) is 18.4 Å². The van der Waals surface area contributed by atoms with Crippen molar-refractivity contribution in [1.82, 2.24) is 0 Å². The van der Waals surface area contributed by atoms with Gasteiger partial charge in [-0.2, -0.15) is 0 Å². The first-order valence-corrected chi connectivity index (χ1v) is 8.49. The molecular formula is C20H30O3. The summed E-state index contributed by atoms with van der Waals surface area (Å²) in [4.78, 5) is 24.2. The summed E-state index contributed by atoms with van der Waals surface area (Å²) < 4.78 is 5.31. The average molecular weight is 318 g/mol. The van der Waals surface area contributed by atoms with Crippen molar-refractivity contribution in [3.05, 3.63) is 34.9 Å². The molecule has 0 bridgehead atoms. The third-order valence-electron chi connectivity index (χ3n) is 4.49. The molecule has 0 aromatic rings. The zero-order chi connectivity index (χ0) is 17.5. The van der Waals surface area contributed by atoms with Crippen LogP contribution in [0.5, 0.6) is 0 Å². The topological polar surface area (TPSA) is 43.4 Å². The van der Waals surface area contributed by atoms with Crippen molar-refractivity contribution in [3.8, 4) is 0 Å². The minimum atomic E-state index is -0.665. The van der Waals surface area contributed by atoms with Crippen molar-refractivity contribution >= 4 is 11.8 Å². The molecule has 0 aliphatic heterocycles. The summed E-state index contributed by atoms with van der Waals surface area (Å²) in [7, 11) is 0. The van der Waals surface area contributed by atoms with Gasteiger partial charge in [0, 0.05) is 6.42 Å². The van der Waals surface area contributed by atoms with Gasteiger partial charge in [-0.3, -0.25) is 9.59 Å². The Morgan fingerprint density at radius 3 is 2.57 bits per heavy atom. The number of ketones is 1. The lowest BCUT2D eigenvalue weighted by Crippen LogP contribution is -2.37. The van der Waals surface area contributed by atoms with E-state index in [0.29, 0.717) is 25.9 Å². The molecule has 0 heterocycles. The van der Waals surface area contributed by atoms with Crippen LogP contribution in [0.1, 0.15) is 66.7 Å². The van der Waals surface area contributed by atoms with Crippen molar-refractivity contribution in [1.29, 1.82) is 0 Å². The lowest BCUT2D eigenvalue weighted by Gasteiger charge is -2.34. The first-order valence-electron chi connectivity index (χ1n) is 8.49. The minimum Gasteiger partial charge on any atom is -0.465 e. The summed E-state index contributed by atoms with van der Waals surface area (Å²) in [5.74, 6) is -0.0960. The van der Waals surface area contributed by atoms with Crippen LogP contribution in [0.2, 0.25) is 0 Å². The summed E-state index contributed by atoms with van der Waals surface area (Å²) in [6.07, 6.45) is 9.57. The van der Waals surface area contributed by atoms with Crippen LogP contribution in [0.15, 0.2) is 34.9 Å². The molecule has 0 N–H and O–H groups in total. The van der Waals surface area contributed by atoms with Crippen molar-refractivity contribution in [2.45, 2.75) is 66.7 Å². The molecule has 128 valence electrons. The number of rotatable bonds is 7. The van der Waals surface area contributed by atoms with Gasteiger partial charge in [-0.15, -0.1) is 0 Å². The smallest absolute Gasteiger partial charge is 0.316 e. The van der Waals surface area contributed by atoms with E-state index in [0.717, 1.165) is 18.4 Å². The largest absolute Gasteiger partial charge is 0.465 e. The molecule has 0 saturated carbocycles.